The average Bonchev–Trinajstić information content (AvgIpc) is 2.84. The molecule has 1 aliphatic carbocycles. The minimum atomic E-state index is -0.0231. The Morgan fingerprint density at radius 2 is 0.906 bits per heavy atom. The van der Waals surface area contributed by atoms with Gasteiger partial charge >= 0.3 is 0 Å². The smallest absolute Gasteiger partial charge is 0.252 e. The molecular formula is C28H26N2O2. The number of carbonyl (C=O) groups excluding carboxylic acids is 2. The predicted octanol–water partition coefficient (Wildman–Crippen LogP) is 5.46. The molecule has 0 spiro atoms. The van der Waals surface area contributed by atoms with Crippen LogP contribution < -0.4 is 10.6 Å². The summed E-state index contributed by atoms with van der Waals surface area (Å²) in [5.74, 6) is -0.0462. The first-order valence-corrected chi connectivity index (χ1v) is 11.3. The third-order valence-corrected chi connectivity index (χ3v) is 6.47. The highest BCUT2D eigenvalue weighted by Crippen LogP contribution is 2.23. The van der Waals surface area contributed by atoms with Gasteiger partial charge in [-0.25, -0.2) is 0 Å². The molecule has 0 atom stereocenters. The van der Waals surface area contributed by atoms with Gasteiger partial charge in [-0.15, -0.1) is 0 Å². The van der Waals surface area contributed by atoms with Crippen LogP contribution >= 0.6 is 0 Å². The Balaban J connectivity index is 1.20. The number of hydrogen-bond acceptors (Lipinski definition) is 2. The van der Waals surface area contributed by atoms with Gasteiger partial charge in [-0.1, -0.05) is 72.8 Å². The van der Waals surface area contributed by atoms with E-state index >= 15 is 0 Å². The number of amides is 2. The zero-order valence-electron chi connectivity index (χ0n) is 17.9. The largest absolute Gasteiger partial charge is 0.349 e. The van der Waals surface area contributed by atoms with E-state index in [0.29, 0.717) is 0 Å². The van der Waals surface area contributed by atoms with Crippen molar-refractivity contribution in [2.24, 2.45) is 0 Å². The maximum absolute atomic E-state index is 12.9. The molecule has 2 N–H and O–H groups in total. The molecule has 2 amide bonds. The van der Waals surface area contributed by atoms with Gasteiger partial charge in [0, 0.05) is 23.2 Å². The van der Waals surface area contributed by atoms with Gasteiger partial charge in [-0.3, -0.25) is 9.59 Å². The van der Waals surface area contributed by atoms with Gasteiger partial charge in [-0.05, 0) is 59.4 Å². The minimum absolute atomic E-state index is 0.0231. The zero-order chi connectivity index (χ0) is 21.9. The quantitative estimate of drug-likeness (QED) is 0.459. The summed E-state index contributed by atoms with van der Waals surface area (Å²) in [7, 11) is 0. The van der Waals surface area contributed by atoms with Gasteiger partial charge < -0.3 is 10.6 Å². The van der Waals surface area contributed by atoms with Crippen LogP contribution in [0.4, 0.5) is 0 Å². The number of carbonyl (C=O) groups is 2. The van der Waals surface area contributed by atoms with E-state index in [2.05, 4.69) is 10.6 Å². The summed E-state index contributed by atoms with van der Waals surface area (Å²) in [6.07, 6.45) is 3.43. The third-order valence-electron chi connectivity index (χ3n) is 6.47. The highest BCUT2D eigenvalue weighted by atomic mass is 16.2. The number of fused-ring (bicyclic) bond motifs is 2. The molecule has 0 aromatic heterocycles. The Kier molecular flexibility index (Phi) is 5.59. The lowest BCUT2D eigenvalue weighted by Gasteiger charge is -2.30. The van der Waals surface area contributed by atoms with Crippen LogP contribution in [-0.2, 0) is 0 Å². The van der Waals surface area contributed by atoms with Crippen molar-refractivity contribution in [3.63, 3.8) is 0 Å². The lowest BCUT2D eigenvalue weighted by Crippen LogP contribution is -2.43. The van der Waals surface area contributed by atoms with Crippen molar-refractivity contribution < 1.29 is 9.59 Å². The van der Waals surface area contributed by atoms with E-state index in [9.17, 15) is 9.59 Å². The zero-order valence-corrected chi connectivity index (χ0v) is 17.9. The summed E-state index contributed by atoms with van der Waals surface area (Å²) < 4.78 is 0. The standard InChI is InChI=1S/C28H26N2O2/c31-27(25-13-5-9-19-7-1-3-11-23(19)25)29-21-15-17-22(18-16-21)30-28(32)26-14-6-10-20-8-2-4-12-24(20)26/h1-14,21-22H,15-18H2,(H,29,31)(H,30,32). The highest BCUT2D eigenvalue weighted by Gasteiger charge is 2.25. The molecule has 0 bridgehead atoms. The van der Waals surface area contributed by atoms with E-state index in [0.717, 1.165) is 58.4 Å². The first kappa shape index (κ1) is 20.3. The Hall–Kier alpha value is -3.66. The van der Waals surface area contributed by atoms with E-state index in [1.165, 1.54) is 0 Å². The highest BCUT2D eigenvalue weighted by molar-refractivity contribution is 6.08. The summed E-state index contributed by atoms with van der Waals surface area (Å²) in [5, 5.41) is 10.5. The minimum Gasteiger partial charge on any atom is -0.349 e. The van der Waals surface area contributed by atoms with Crippen molar-refractivity contribution in [3.05, 3.63) is 96.1 Å². The molecule has 160 valence electrons. The van der Waals surface area contributed by atoms with Crippen LogP contribution in [0.15, 0.2) is 84.9 Å². The van der Waals surface area contributed by atoms with Gasteiger partial charge in [0.2, 0.25) is 0 Å². The van der Waals surface area contributed by atoms with Crippen molar-refractivity contribution >= 4 is 33.4 Å². The molecule has 4 aromatic rings. The Bertz CT molecular complexity index is 1180. The number of nitrogens with one attached hydrogen (secondary N) is 2. The summed E-state index contributed by atoms with van der Waals surface area (Å²) in [5.41, 5.74) is 1.43. The summed E-state index contributed by atoms with van der Waals surface area (Å²) in [6, 6.07) is 27.8. The maximum atomic E-state index is 12.9. The Labute approximate surface area is 187 Å². The molecule has 32 heavy (non-hydrogen) atoms. The van der Waals surface area contributed by atoms with Gasteiger partial charge in [0.05, 0.1) is 0 Å². The first-order valence-electron chi connectivity index (χ1n) is 11.3. The summed E-state index contributed by atoms with van der Waals surface area (Å²) >= 11 is 0. The molecule has 0 aliphatic heterocycles. The van der Waals surface area contributed by atoms with E-state index in [1.54, 1.807) is 0 Å². The molecule has 4 aromatic carbocycles. The number of hydrogen-bond donors (Lipinski definition) is 2. The van der Waals surface area contributed by atoms with Crippen LogP contribution in [0, 0.1) is 0 Å². The van der Waals surface area contributed by atoms with Crippen LogP contribution in [-0.4, -0.2) is 23.9 Å². The second kappa shape index (κ2) is 8.83. The molecule has 1 saturated carbocycles. The van der Waals surface area contributed by atoms with Crippen molar-refractivity contribution in [1.29, 1.82) is 0 Å². The number of benzene rings is 4. The first-order chi connectivity index (χ1) is 15.7. The fourth-order valence-corrected chi connectivity index (χ4v) is 4.76. The van der Waals surface area contributed by atoms with Gasteiger partial charge in [0.1, 0.15) is 0 Å². The monoisotopic (exact) mass is 422 g/mol. The van der Waals surface area contributed by atoms with E-state index in [4.69, 9.17) is 0 Å². The van der Waals surface area contributed by atoms with Crippen LogP contribution in [0.5, 0.6) is 0 Å². The Morgan fingerprint density at radius 3 is 1.34 bits per heavy atom. The van der Waals surface area contributed by atoms with Crippen LogP contribution in [0.2, 0.25) is 0 Å². The molecule has 0 saturated heterocycles. The average molecular weight is 423 g/mol. The van der Waals surface area contributed by atoms with Gasteiger partial charge in [0.25, 0.3) is 11.8 Å². The van der Waals surface area contributed by atoms with Gasteiger partial charge in [0.15, 0.2) is 0 Å². The molecule has 4 heteroatoms. The Morgan fingerprint density at radius 1 is 0.531 bits per heavy atom. The van der Waals surface area contributed by atoms with Crippen LogP contribution in [0.1, 0.15) is 46.4 Å². The topological polar surface area (TPSA) is 58.2 Å². The van der Waals surface area contributed by atoms with E-state index < -0.39 is 0 Å². The molecule has 4 nitrogen and oxygen atoms in total. The lowest BCUT2D eigenvalue weighted by atomic mass is 9.90. The molecule has 0 radical (unpaired) electrons. The van der Waals surface area contributed by atoms with Gasteiger partial charge in [-0.2, -0.15) is 0 Å². The molecule has 1 aliphatic rings. The van der Waals surface area contributed by atoms with Crippen molar-refractivity contribution in [3.8, 4) is 0 Å². The molecule has 5 rings (SSSR count). The molecule has 0 unspecified atom stereocenters. The SMILES string of the molecule is O=C(NC1CCC(NC(=O)c2cccc3ccccc23)CC1)c1cccc2ccccc12. The van der Waals surface area contributed by atoms with Crippen molar-refractivity contribution in [2.45, 2.75) is 37.8 Å². The molecule has 1 fully saturated rings. The fraction of sp³-hybridized carbons (Fsp3) is 0.214. The summed E-state index contributed by atoms with van der Waals surface area (Å²) in [6.45, 7) is 0. The van der Waals surface area contributed by atoms with E-state index in [-0.39, 0.29) is 23.9 Å². The van der Waals surface area contributed by atoms with Crippen molar-refractivity contribution in [1.82, 2.24) is 10.6 Å². The van der Waals surface area contributed by atoms with E-state index in [1.807, 2.05) is 84.9 Å². The second-order valence-corrected chi connectivity index (χ2v) is 8.55. The molecular weight excluding hydrogens is 396 g/mol. The fourth-order valence-electron chi connectivity index (χ4n) is 4.76. The normalized spacial score (nSPS) is 18.4. The third kappa shape index (κ3) is 4.09. The maximum Gasteiger partial charge on any atom is 0.252 e. The van der Waals surface area contributed by atoms with Crippen LogP contribution in [0.3, 0.4) is 0 Å². The predicted molar refractivity (Wildman–Crippen MR) is 129 cm³/mol. The lowest BCUT2D eigenvalue weighted by molar-refractivity contribution is 0.0893. The van der Waals surface area contributed by atoms with Crippen LogP contribution in [0.25, 0.3) is 21.5 Å². The second-order valence-electron chi connectivity index (χ2n) is 8.55. The van der Waals surface area contributed by atoms with Crippen molar-refractivity contribution in [2.75, 3.05) is 0 Å². The summed E-state index contributed by atoms with van der Waals surface area (Å²) in [4.78, 5) is 25.8. The molecule has 0 heterocycles. The number of rotatable bonds is 4.